The predicted octanol–water partition coefficient (Wildman–Crippen LogP) is 2.39. The van der Waals surface area contributed by atoms with Crippen LogP contribution in [0.4, 0.5) is 0 Å². The minimum absolute atomic E-state index is 0.0237. The highest BCUT2D eigenvalue weighted by Gasteiger charge is 2.23. The van der Waals surface area contributed by atoms with Gasteiger partial charge in [-0.3, -0.25) is 9.59 Å². The molecule has 0 spiro atoms. The quantitative estimate of drug-likeness (QED) is 0.737. The Morgan fingerprint density at radius 3 is 2.67 bits per heavy atom. The number of hydrogen-bond donors (Lipinski definition) is 1. The van der Waals surface area contributed by atoms with Gasteiger partial charge in [-0.25, -0.2) is 0 Å². The van der Waals surface area contributed by atoms with Crippen LogP contribution in [-0.2, 0) is 33.7 Å². The van der Waals surface area contributed by atoms with Gasteiger partial charge in [0, 0.05) is 36.6 Å². The summed E-state index contributed by atoms with van der Waals surface area (Å²) in [5.41, 5.74) is 3.54. The third-order valence-electron chi connectivity index (χ3n) is 4.83. The molecule has 1 aliphatic rings. The number of hydrogen-bond acceptors (Lipinski definition) is 4. The zero-order valence-electron chi connectivity index (χ0n) is 15.5. The molecule has 1 aromatic carbocycles. The molecule has 6 nitrogen and oxygen atoms in total. The number of methoxy groups -OCH3 is 2. The van der Waals surface area contributed by atoms with Gasteiger partial charge in [0.05, 0.1) is 6.54 Å². The number of benzene rings is 1. The van der Waals surface area contributed by atoms with Crippen LogP contribution in [0.5, 0.6) is 0 Å². The van der Waals surface area contributed by atoms with Crippen molar-refractivity contribution >= 4 is 17.5 Å². The Morgan fingerprint density at radius 2 is 1.96 bits per heavy atom. The van der Waals surface area contributed by atoms with Crippen LogP contribution in [0.3, 0.4) is 0 Å². The van der Waals surface area contributed by atoms with Gasteiger partial charge in [-0.2, -0.15) is 0 Å². The minimum Gasteiger partial charge on any atom is -0.354 e. The molecule has 0 saturated heterocycles. The molecule has 27 heavy (non-hydrogen) atoms. The van der Waals surface area contributed by atoms with Crippen LogP contribution in [-0.4, -0.2) is 37.5 Å². The van der Waals surface area contributed by atoms with E-state index < -0.39 is 6.29 Å². The maximum Gasteiger partial charge on any atom is 0.251 e. The van der Waals surface area contributed by atoms with Crippen molar-refractivity contribution in [2.24, 2.45) is 0 Å². The van der Waals surface area contributed by atoms with E-state index in [0.29, 0.717) is 5.02 Å². The summed E-state index contributed by atoms with van der Waals surface area (Å²) in [6.07, 6.45) is 2.08. The van der Waals surface area contributed by atoms with E-state index in [0.717, 1.165) is 41.6 Å². The number of amides is 1. The van der Waals surface area contributed by atoms with Crippen LogP contribution in [0, 0.1) is 0 Å². The molecular weight excluding hydrogens is 368 g/mol. The summed E-state index contributed by atoms with van der Waals surface area (Å²) in [5.74, 6) is -0.254. The molecule has 1 amide bonds. The van der Waals surface area contributed by atoms with Crippen LogP contribution in [0.15, 0.2) is 35.1 Å². The van der Waals surface area contributed by atoms with E-state index in [1.54, 1.807) is 10.6 Å². The van der Waals surface area contributed by atoms with E-state index in [1.165, 1.54) is 14.2 Å². The second kappa shape index (κ2) is 8.69. The Labute approximate surface area is 163 Å². The number of aromatic nitrogens is 1. The smallest absolute Gasteiger partial charge is 0.251 e. The molecule has 0 aliphatic heterocycles. The van der Waals surface area contributed by atoms with Crippen LogP contribution < -0.4 is 10.9 Å². The van der Waals surface area contributed by atoms with Crippen LogP contribution in [0.1, 0.15) is 17.7 Å². The van der Waals surface area contributed by atoms with Gasteiger partial charge in [0.2, 0.25) is 5.91 Å². The average Bonchev–Trinajstić information content (AvgIpc) is 3.15. The van der Waals surface area contributed by atoms with Crippen molar-refractivity contribution in [1.82, 2.24) is 9.88 Å². The maximum absolute atomic E-state index is 12.8. The Morgan fingerprint density at radius 1 is 1.22 bits per heavy atom. The molecule has 1 heterocycles. The van der Waals surface area contributed by atoms with Gasteiger partial charge in [0.15, 0.2) is 6.29 Å². The average molecular weight is 391 g/mol. The molecule has 144 valence electrons. The number of pyridine rings is 1. The molecule has 0 saturated carbocycles. The van der Waals surface area contributed by atoms with Crippen molar-refractivity contribution < 1.29 is 14.3 Å². The first-order valence-corrected chi connectivity index (χ1v) is 9.25. The Hall–Kier alpha value is -2.15. The van der Waals surface area contributed by atoms with Crippen LogP contribution in [0.25, 0.3) is 11.1 Å². The standard InChI is InChI=1S/C20H23ClN2O4/c1-26-20(27-2)11-22-18(24)12-23-17-9-5-7-14(17)15(10-19(23)25)13-6-3-4-8-16(13)21/h3-4,6,8,10,20H,5,7,9,11-12H2,1-2H3,(H,22,24). The Balaban J connectivity index is 1.88. The molecule has 0 unspecified atom stereocenters. The molecular formula is C20H23ClN2O4. The largest absolute Gasteiger partial charge is 0.354 e. The van der Waals surface area contributed by atoms with E-state index in [4.69, 9.17) is 21.1 Å². The van der Waals surface area contributed by atoms with Crippen LogP contribution in [0.2, 0.25) is 5.02 Å². The van der Waals surface area contributed by atoms with Gasteiger partial charge in [-0.1, -0.05) is 29.8 Å². The first kappa shape index (κ1) is 19.6. The number of carbonyl (C=O) groups excluding carboxylic acids is 1. The van der Waals surface area contributed by atoms with Gasteiger partial charge < -0.3 is 19.4 Å². The molecule has 0 bridgehead atoms. The molecule has 1 aliphatic carbocycles. The number of fused-ring (bicyclic) bond motifs is 1. The van der Waals surface area contributed by atoms with Crippen molar-refractivity contribution in [2.45, 2.75) is 32.1 Å². The lowest BCUT2D eigenvalue weighted by molar-refractivity contribution is -0.128. The highest BCUT2D eigenvalue weighted by Crippen LogP contribution is 2.34. The van der Waals surface area contributed by atoms with E-state index in [2.05, 4.69) is 5.32 Å². The number of nitrogens with zero attached hydrogens (tertiary/aromatic N) is 1. The predicted molar refractivity (Wildman–Crippen MR) is 104 cm³/mol. The van der Waals surface area contributed by atoms with Gasteiger partial charge in [0.25, 0.3) is 5.56 Å². The summed E-state index contributed by atoms with van der Waals surface area (Å²) in [5, 5.41) is 3.35. The normalized spacial score (nSPS) is 13.0. The monoisotopic (exact) mass is 390 g/mol. The molecule has 0 atom stereocenters. The van der Waals surface area contributed by atoms with Gasteiger partial charge in [-0.05, 0) is 36.5 Å². The lowest BCUT2D eigenvalue weighted by Crippen LogP contribution is -2.38. The van der Waals surface area contributed by atoms with Crippen molar-refractivity contribution in [2.75, 3.05) is 20.8 Å². The van der Waals surface area contributed by atoms with E-state index in [1.807, 2.05) is 24.3 Å². The molecule has 1 N–H and O–H groups in total. The Bertz CT molecular complexity index is 890. The molecule has 0 radical (unpaired) electrons. The number of halogens is 1. The molecule has 1 aromatic heterocycles. The summed E-state index contributed by atoms with van der Waals surface area (Å²) in [4.78, 5) is 25.1. The number of rotatable bonds is 7. The van der Waals surface area contributed by atoms with Crippen molar-refractivity contribution in [3.05, 3.63) is 57.0 Å². The van der Waals surface area contributed by atoms with Crippen molar-refractivity contribution in [3.8, 4) is 11.1 Å². The minimum atomic E-state index is -0.515. The van der Waals surface area contributed by atoms with Gasteiger partial charge >= 0.3 is 0 Å². The first-order chi connectivity index (χ1) is 13.0. The Kier molecular flexibility index (Phi) is 6.31. The highest BCUT2D eigenvalue weighted by molar-refractivity contribution is 6.33. The third kappa shape index (κ3) is 4.24. The fourth-order valence-corrected chi connectivity index (χ4v) is 3.73. The summed E-state index contributed by atoms with van der Waals surface area (Å²) in [6, 6.07) is 9.10. The summed E-state index contributed by atoms with van der Waals surface area (Å²) < 4.78 is 11.7. The summed E-state index contributed by atoms with van der Waals surface area (Å²) in [6.45, 7) is 0.199. The molecule has 7 heteroatoms. The first-order valence-electron chi connectivity index (χ1n) is 8.88. The summed E-state index contributed by atoms with van der Waals surface area (Å²) in [7, 11) is 3.01. The van der Waals surface area contributed by atoms with Crippen molar-refractivity contribution in [1.29, 1.82) is 0 Å². The summed E-state index contributed by atoms with van der Waals surface area (Å²) >= 11 is 6.34. The lowest BCUT2D eigenvalue weighted by atomic mass is 9.99. The molecule has 2 aromatic rings. The van der Waals surface area contributed by atoms with E-state index in [-0.39, 0.29) is 24.6 Å². The highest BCUT2D eigenvalue weighted by atomic mass is 35.5. The second-order valence-corrected chi connectivity index (χ2v) is 6.85. The van der Waals surface area contributed by atoms with Gasteiger partial charge in [0.1, 0.15) is 6.54 Å². The van der Waals surface area contributed by atoms with E-state index >= 15 is 0 Å². The number of ether oxygens (including phenoxy) is 2. The zero-order valence-corrected chi connectivity index (χ0v) is 16.2. The maximum atomic E-state index is 12.8. The van der Waals surface area contributed by atoms with Gasteiger partial charge in [-0.15, -0.1) is 0 Å². The van der Waals surface area contributed by atoms with Crippen molar-refractivity contribution in [3.63, 3.8) is 0 Å². The lowest BCUT2D eigenvalue weighted by Gasteiger charge is -2.17. The third-order valence-corrected chi connectivity index (χ3v) is 5.16. The van der Waals surface area contributed by atoms with E-state index in [9.17, 15) is 9.59 Å². The topological polar surface area (TPSA) is 69.6 Å². The fraction of sp³-hybridized carbons (Fsp3) is 0.400. The molecule has 3 rings (SSSR count). The second-order valence-electron chi connectivity index (χ2n) is 6.45. The SMILES string of the molecule is COC(CNC(=O)Cn1c2c(c(-c3ccccc3Cl)cc1=O)CCC2)OC. The number of nitrogens with one attached hydrogen (secondary N) is 1. The molecule has 0 fully saturated rings. The fourth-order valence-electron chi connectivity index (χ4n) is 3.49. The zero-order chi connectivity index (χ0) is 19.4. The van der Waals surface area contributed by atoms with Crippen LogP contribution >= 0.6 is 11.6 Å². The number of carbonyl (C=O) groups is 1.